The summed E-state index contributed by atoms with van der Waals surface area (Å²) in [6.45, 7) is 4.58. The quantitative estimate of drug-likeness (QED) is 0.729. The van der Waals surface area contributed by atoms with Crippen molar-refractivity contribution in [2.45, 2.75) is 31.8 Å². The molecule has 2 unspecified atom stereocenters. The van der Waals surface area contributed by atoms with Crippen LogP contribution in [0.3, 0.4) is 0 Å². The van der Waals surface area contributed by atoms with Crippen molar-refractivity contribution >= 4 is 35.0 Å². The minimum Gasteiger partial charge on any atom is -0.383 e. The standard InChI is InChI=1S/C20H24ClN3O4/c1-10(2)9-13-14-15(18(26)24(17(14)25)7-8-28-3)20(23-13)11-5-4-6-12(21)16(11)22-19(20)27/h4-6,10,13-15,23H,7-9H2,1-3H3,(H,22,27)/t13?,14-,15+,20?/m0/s1. The molecule has 7 nitrogen and oxygen atoms in total. The number of amides is 3. The van der Waals surface area contributed by atoms with Crippen LogP contribution in [0.4, 0.5) is 5.69 Å². The van der Waals surface area contributed by atoms with Gasteiger partial charge in [-0.3, -0.25) is 24.6 Å². The number of nitrogens with zero attached hydrogens (tertiary/aromatic N) is 1. The van der Waals surface area contributed by atoms with E-state index in [1.807, 2.05) is 0 Å². The Kier molecular flexibility index (Phi) is 4.72. The Bertz CT molecular complexity index is 858. The lowest BCUT2D eigenvalue weighted by atomic mass is 9.76. The van der Waals surface area contributed by atoms with Crippen molar-refractivity contribution in [2.24, 2.45) is 17.8 Å². The van der Waals surface area contributed by atoms with E-state index in [9.17, 15) is 14.4 Å². The molecule has 3 amide bonds. The van der Waals surface area contributed by atoms with E-state index in [-0.39, 0.29) is 36.9 Å². The number of likely N-dealkylation sites (tertiary alicyclic amines) is 1. The van der Waals surface area contributed by atoms with E-state index >= 15 is 0 Å². The Balaban J connectivity index is 1.84. The summed E-state index contributed by atoms with van der Waals surface area (Å²) in [6.07, 6.45) is 0.684. The zero-order valence-corrected chi connectivity index (χ0v) is 16.9. The first kappa shape index (κ1) is 19.4. The van der Waals surface area contributed by atoms with Gasteiger partial charge in [0.15, 0.2) is 0 Å². The third-order valence-corrected chi connectivity index (χ3v) is 6.35. The first-order valence-corrected chi connectivity index (χ1v) is 9.93. The SMILES string of the molecule is COCCN1C(=O)[C@H]2C(CC(C)C)NC3(C(=O)Nc4c(Cl)cccc43)[C@H]2C1=O. The summed E-state index contributed by atoms with van der Waals surface area (Å²) in [4.78, 5) is 41.0. The molecule has 0 bridgehead atoms. The molecule has 150 valence electrons. The maximum atomic E-state index is 13.3. The van der Waals surface area contributed by atoms with Crippen LogP contribution in [-0.4, -0.2) is 48.9 Å². The molecular formula is C20H24ClN3O4. The second-order valence-corrected chi connectivity index (χ2v) is 8.54. The number of para-hydroxylation sites is 1. The van der Waals surface area contributed by atoms with Gasteiger partial charge in [0.05, 0.1) is 35.7 Å². The topological polar surface area (TPSA) is 87.7 Å². The number of halogens is 1. The minimum atomic E-state index is -1.28. The van der Waals surface area contributed by atoms with Crippen molar-refractivity contribution in [2.75, 3.05) is 25.6 Å². The smallest absolute Gasteiger partial charge is 0.250 e. The number of carbonyl (C=O) groups excluding carboxylic acids is 3. The molecule has 0 radical (unpaired) electrons. The van der Waals surface area contributed by atoms with Gasteiger partial charge in [-0.05, 0) is 18.4 Å². The lowest BCUT2D eigenvalue weighted by Gasteiger charge is -2.29. The highest BCUT2D eigenvalue weighted by atomic mass is 35.5. The van der Waals surface area contributed by atoms with Crippen LogP contribution in [0.5, 0.6) is 0 Å². The zero-order valence-electron chi connectivity index (χ0n) is 16.1. The number of methoxy groups -OCH3 is 1. The van der Waals surface area contributed by atoms with E-state index in [2.05, 4.69) is 24.5 Å². The molecule has 1 spiro atoms. The van der Waals surface area contributed by atoms with Gasteiger partial charge in [0, 0.05) is 18.7 Å². The maximum absolute atomic E-state index is 13.3. The summed E-state index contributed by atoms with van der Waals surface area (Å²) in [5, 5.41) is 6.66. The highest BCUT2D eigenvalue weighted by molar-refractivity contribution is 6.35. The Morgan fingerprint density at radius 1 is 1.25 bits per heavy atom. The van der Waals surface area contributed by atoms with Crippen molar-refractivity contribution in [3.05, 3.63) is 28.8 Å². The van der Waals surface area contributed by atoms with Gasteiger partial charge in [0.25, 0.3) is 0 Å². The molecule has 0 aromatic heterocycles. The van der Waals surface area contributed by atoms with Gasteiger partial charge in [-0.1, -0.05) is 37.6 Å². The van der Waals surface area contributed by atoms with Gasteiger partial charge in [0.2, 0.25) is 17.7 Å². The molecule has 2 fully saturated rings. The van der Waals surface area contributed by atoms with Crippen molar-refractivity contribution in [1.29, 1.82) is 0 Å². The van der Waals surface area contributed by atoms with E-state index in [4.69, 9.17) is 16.3 Å². The Hall–Kier alpha value is -1.96. The largest absolute Gasteiger partial charge is 0.383 e. The molecule has 4 atom stereocenters. The van der Waals surface area contributed by atoms with E-state index in [1.165, 1.54) is 12.0 Å². The molecule has 2 N–H and O–H groups in total. The number of benzene rings is 1. The number of rotatable bonds is 5. The van der Waals surface area contributed by atoms with Gasteiger partial charge in [-0.15, -0.1) is 0 Å². The average Bonchev–Trinajstić information content (AvgIpc) is 3.20. The van der Waals surface area contributed by atoms with Crippen molar-refractivity contribution < 1.29 is 19.1 Å². The van der Waals surface area contributed by atoms with Gasteiger partial charge in [0.1, 0.15) is 5.54 Å². The Morgan fingerprint density at radius 2 is 2.00 bits per heavy atom. The minimum absolute atomic E-state index is 0.190. The molecule has 1 aromatic rings. The van der Waals surface area contributed by atoms with Crippen LogP contribution in [0.25, 0.3) is 0 Å². The fraction of sp³-hybridized carbons (Fsp3) is 0.550. The second kappa shape index (κ2) is 6.83. The van der Waals surface area contributed by atoms with Crippen LogP contribution >= 0.6 is 11.6 Å². The highest BCUT2D eigenvalue weighted by Gasteiger charge is 2.70. The van der Waals surface area contributed by atoms with E-state index in [0.717, 1.165) is 0 Å². The summed E-state index contributed by atoms with van der Waals surface area (Å²) in [7, 11) is 1.53. The first-order chi connectivity index (χ1) is 13.3. The van der Waals surface area contributed by atoms with Crippen molar-refractivity contribution in [3.8, 4) is 0 Å². The molecule has 3 heterocycles. The predicted molar refractivity (Wildman–Crippen MR) is 104 cm³/mol. The fourth-order valence-electron chi connectivity index (χ4n) is 4.97. The first-order valence-electron chi connectivity index (χ1n) is 9.55. The molecule has 3 aliphatic rings. The number of hydrogen-bond acceptors (Lipinski definition) is 5. The van der Waals surface area contributed by atoms with Crippen LogP contribution in [0.2, 0.25) is 5.02 Å². The number of fused-ring (bicyclic) bond motifs is 4. The predicted octanol–water partition coefficient (Wildman–Crippen LogP) is 1.75. The monoisotopic (exact) mass is 405 g/mol. The number of ether oxygens (including phenoxy) is 1. The van der Waals surface area contributed by atoms with E-state index < -0.39 is 17.4 Å². The normalized spacial score (nSPS) is 31.1. The van der Waals surface area contributed by atoms with E-state index in [0.29, 0.717) is 28.6 Å². The van der Waals surface area contributed by atoms with Gasteiger partial charge >= 0.3 is 0 Å². The van der Waals surface area contributed by atoms with Crippen molar-refractivity contribution in [1.82, 2.24) is 10.2 Å². The number of anilines is 1. The number of nitrogens with one attached hydrogen (secondary N) is 2. The lowest BCUT2D eigenvalue weighted by Crippen LogP contribution is -2.53. The van der Waals surface area contributed by atoms with Crippen molar-refractivity contribution in [3.63, 3.8) is 0 Å². The number of carbonyl (C=O) groups is 3. The van der Waals surface area contributed by atoms with Crippen LogP contribution in [0.1, 0.15) is 25.8 Å². The summed E-state index contributed by atoms with van der Waals surface area (Å²) >= 11 is 6.30. The maximum Gasteiger partial charge on any atom is 0.250 e. The summed E-state index contributed by atoms with van der Waals surface area (Å²) in [5.74, 6) is -1.96. The van der Waals surface area contributed by atoms with Crippen LogP contribution < -0.4 is 10.6 Å². The molecular weight excluding hydrogens is 382 g/mol. The summed E-state index contributed by atoms with van der Waals surface area (Å²) in [5.41, 5.74) is -0.124. The molecule has 1 aromatic carbocycles. The Morgan fingerprint density at radius 3 is 2.68 bits per heavy atom. The average molecular weight is 406 g/mol. The van der Waals surface area contributed by atoms with Crippen LogP contribution in [0, 0.1) is 17.8 Å². The second-order valence-electron chi connectivity index (χ2n) is 8.13. The molecule has 8 heteroatoms. The third-order valence-electron chi connectivity index (χ3n) is 6.03. The van der Waals surface area contributed by atoms with Crippen LogP contribution in [0.15, 0.2) is 18.2 Å². The molecule has 2 saturated heterocycles. The molecule has 3 aliphatic heterocycles. The lowest BCUT2D eigenvalue weighted by molar-refractivity contribution is -0.143. The third kappa shape index (κ3) is 2.53. The molecule has 4 rings (SSSR count). The van der Waals surface area contributed by atoms with Gasteiger partial charge in [-0.2, -0.15) is 0 Å². The molecule has 0 aliphatic carbocycles. The molecule has 0 saturated carbocycles. The number of hydrogen-bond donors (Lipinski definition) is 2. The summed E-state index contributed by atoms with van der Waals surface area (Å²) < 4.78 is 5.07. The van der Waals surface area contributed by atoms with Gasteiger partial charge in [-0.25, -0.2) is 0 Å². The van der Waals surface area contributed by atoms with Gasteiger partial charge < -0.3 is 10.1 Å². The molecule has 28 heavy (non-hydrogen) atoms. The summed E-state index contributed by atoms with van der Waals surface area (Å²) in [6, 6.07) is 4.99. The zero-order chi connectivity index (χ0) is 20.2. The fourth-order valence-corrected chi connectivity index (χ4v) is 5.19. The highest BCUT2D eigenvalue weighted by Crippen LogP contribution is 2.54. The Labute approximate surface area is 168 Å². The number of imide groups is 1. The van der Waals surface area contributed by atoms with E-state index in [1.54, 1.807) is 18.2 Å². The van der Waals surface area contributed by atoms with Crippen LogP contribution in [-0.2, 0) is 24.7 Å².